The summed E-state index contributed by atoms with van der Waals surface area (Å²) in [5.41, 5.74) is 5.31. The highest BCUT2D eigenvalue weighted by molar-refractivity contribution is 5.80. The number of hydrazine groups is 1. The van der Waals surface area contributed by atoms with Crippen LogP contribution < -0.4 is 15.8 Å². The molecule has 0 aliphatic carbocycles. The van der Waals surface area contributed by atoms with Gasteiger partial charge in [-0.05, 0) is 6.42 Å². The number of hydrogen-bond donors (Lipinski definition) is 3. The normalized spacial score (nSPS) is 11.5. The maximum atomic E-state index is 12.3. The van der Waals surface area contributed by atoms with Crippen molar-refractivity contribution in [1.82, 2.24) is 20.5 Å². The first-order chi connectivity index (χ1) is 11.5. The van der Waals surface area contributed by atoms with E-state index in [1.807, 2.05) is 19.0 Å². The molecule has 134 valence electrons. The summed E-state index contributed by atoms with van der Waals surface area (Å²) < 4.78 is 0. The van der Waals surface area contributed by atoms with Gasteiger partial charge in [-0.2, -0.15) is 0 Å². The van der Waals surface area contributed by atoms with Gasteiger partial charge < -0.3 is 4.90 Å². The first kappa shape index (κ1) is 19.6. The van der Waals surface area contributed by atoms with Crippen molar-refractivity contribution in [3.8, 4) is 0 Å². The van der Waals surface area contributed by atoms with Gasteiger partial charge >= 0.3 is 0 Å². The number of amides is 2. The van der Waals surface area contributed by atoms with Gasteiger partial charge in [0.2, 0.25) is 12.3 Å². The second kappa shape index (κ2) is 10.4. The zero-order valence-electron chi connectivity index (χ0n) is 14.4. The van der Waals surface area contributed by atoms with E-state index in [-0.39, 0.29) is 12.5 Å². The summed E-state index contributed by atoms with van der Waals surface area (Å²) in [5, 5.41) is 9.85. The predicted octanol–water partition coefficient (Wildman–Crippen LogP) is 1.03. The first-order valence-electron chi connectivity index (χ1n) is 7.94. The van der Waals surface area contributed by atoms with Gasteiger partial charge in [-0.1, -0.05) is 26.2 Å². The lowest BCUT2D eigenvalue weighted by atomic mass is 10.0. The van der Waals surface area contributed by atoms with Gasteiger partial charge in [-0.25, -0.2) is 15.0 Å². The topological polar surface area (TPSA) is 111 Å². The molecule has 1 atom stereocenters. The minimum absolute atomic E-state index is 0.0482. The largest absolute Gasteiger partial charge is 0.363 e. The van der Waals surface area contributed by atoms with Crippen molar-refractivity contribution in [1.29, 1.82) is 0 Å². The number of hydrogen-bond acceptors (Lipinski definition) is 7. The number of aromatic nitrogens is 2. The standard InChI is InChI=1S/C15H26N6O3/c1-4-5-6-7-12(9-21(24)11-22)15(23)19-18-13-8-14(20(2)3)17-10-16-13/h8,10-12,24H,4-7,9H2,1-3H3,(H,19,23)(H,16,17,18)/t12-/m0/s1. The van der Waals surface area contributed by atoms with Crippen molar-refractivity contribution in [2.45, 2.75) is 32.6 Å². The molecule has 0 aliphatic heterocycles. The Morgan fingerprint density at radius 1 is 1.38 bits per heavy atom. The molecule has 0 saturated heterocycles. The van der Waals surface area contributed by atoms with Crippen LogP contribution in [0.1, 0.15) is 32.6 Å². The minimum Gasteiger partial charge on any atom is -0.363 e. The Morgan fingerprint density at radius 3 is 2.75 bits per heavy atom. The summed E-state index contributed by atoms with van der Waals surface area (Å²) in [5.74, 6) is 0.334. The smallest absolute Gasteiger partial charge is 0.243 e. The van der Waals surface area contributed by atoms with E-state index in [0.29, 0.717) is 29.5 Å². The molecule has 1 aromatic heterocycles. The molecule has 9 heteroatoms. The summed E-state index contributed by atoms with van der Waals surface area (Å²) in [7, 11) is 3.70. The Labute approximate surface area is 142 Å². The second-order valence-corrected chi connectivity index (χ2v) is 5.69. The van der Waals surface area contributed by atoms with Crippen LogP contribution in [0.3, 0.4) is 0 Å². The van der Waals surface area contributed by atoms with Gasteiger partial charge in [0.1, 0.15) is 18.0 Å². The molecular weight excluding hydrogens is 312 g/mol. The van der Waals surface area contributed by atoms with E-state index in [1.165, 1.54) is 6.33 Å². The molecule has 0 aromatic carbocycles. The third-order valence-electron chi connectivity index (χ3n) is 3.48. The molecule has 0 fully saturated rings. The van der Waals surface area contributed by atoms with Crippen molar-refractivity contribution >= 4 is 24.0 Å². The van der Waals surface area contributed by atoms with E-state index in [1.54, 1.807) is 6.07 Å². The number of nitrogens with zero attached hydrogens (tertiary/aromatic N) is 4. The fourth-order valence-corrected chi connectivity index (χ4v) is 2.10. The van der Waals surface area contributed by atoms with Crippen LogP contribution in [0.5, 0.6) is 0 Å². The Morgan fingerprint density at radius 2 is 2.12 bits per heavy atom. The lowest BCUT2D eigenvalue weighted by molar-refractivity contribution is -0.154. The summed E-state index contributed by atoms with van der Waals surface area (Å²) in [6.07, 6.45) is 5.13. The molecule has 24 heavy (non-hydrogen) atoms. The van der Waals surface area contributed by atoms with Crippen molar-refractivity contribution in [3.05, 3.63) is 12.4 Å². The van der Waals surface area contributed by atoms with Gasteiger partial charge in [-0.3, -0.25) is 25.6 Å². The molecule has 1 heterocycles. The number of carbonyl (C=O) groups is 2. The average molecular weight is 338 g/mol. The van der Waals surface area contributed by atoms with E-state index in [0.717, 1.165) is 19.3 Å². The van der Waals surface area contributed by atoms with Crippen molar-refractivity contribution in [3.63, 3.8) is 0 Å². The maximum Gasteiger partial charge on any atom is 0.243 e. The van der Waals surface area contributed by atoms with Gasteiger partial charge in [-0.15, -0.1) is 0 Å². The van der Waals surface area contributed by atoms with Crippen LogP contribution in [0, 0.1) is 5.92 Å². The Hall–Kier alpha value is -2.42. The average Bonchev–Trinajstić information content (AvgIpc) is 2.58. The molecule has 0 saturated carbocycles. The van der Waals surface area contributed by atoms with E-state index in [4.69, 9.17) is 0 Å². The Kier molecular flexibility index (Phi) is 8.48. The number of nitrogens with one attached hydrogen (secondary N) is 2. The van der Waals surface area contributed by atoms with Gasteiger partial charge in [0.15, 0.2) is 0 Å². The number of unbranched alkanes of at least 4 members (excludes halogenated alkanes) is 2. The SMILES string of the molecule is CCCCC[C@@H](CN(O)C=O)C(=O)NNc1cc(N(C)C)ncn1. The molecule has 0 aliphatic rings. The monoisotopic (exact) mass is 338 g/mol. The summed E-state index contributed by atoms with van der Waals surface area (Å²) >= 11 is 0. The Balaban J connectivity index is 2.62. The molecule has 1 rings (SSSR count). The lowest BCUT2D eigenvalue weighted by Gasteiger charge is -2.20. The quantitative estimate of drug-likeness (QED) is 0.239. The predicted molar refractivity (Wildman–Crippen MR) is 90.3 cm³/mol. The highest BCUT2D eigenvalue weighted by Gasteiger charge is 2.20. The van der Waals surface area contributed by atoms with E-state index in [2.05, 4.69) is 27.7 Å². The minimum atomic E-state index is -0.505. The van der Waals surface area contributed by atoms with E-state index >= 15 is 0 Å². The fourth-order valence-electron chi connectivity index (χ4n) is 2.10. The van der Waals surface area contributed by atoms with Crippen molar-refractivity contribution in [2.75, 3.05) is 31.0 Å². The molecule has 3 N–H and O–H groups in total. The molecule has 9 nitrogen and oxygen atoms in total. The molecular formula is C15H26N6O3. The van der Waals surface area contributed by atoms with Crippen LogP contribution in [0.25, 0.3) is 0 Å². The molecule has 0 unspecified atom stereocenters. The van der Waals surface area contributed by atoms with E-state index < -0.39 is 5.92 Å². The van der Waals surface area contributed by atoms with E-state index in [9.17, 15) is 14.8 Å². The Bertz CT molecular complexity index is 526. The molecule has 1 aromatic rings. The molecule has 0 spiro atoms. The highest BCUT2D eigenvalue weighted by atomic mass is 16.5. The first-order valence-corrected chi connectivity index (χ1v) is 7.94. The van der Waals surface area contributed by atoms with Crippen molar-refractivity contribution < 1.29 is 14.8 Å². The second-order valence-electron chi connectivity index (χ2n) is 5.69. The molecule has 2 amide bonds. The summed E-state index contributed by atoms with van der Waals surface area (Å²) in [6.45, 7) is 2.02. The van der Waals surface area contributed by atoms with Crippen LogP contribution in [-0.4, -0.2) is 53.2 Å². The zero-order valence-corrected chi connectivity index (χ0v) is 14.4. The summed E-state index contributed by atoms with van der Waals surface area (Å²) in [6, 6.07) is 1.69. The van der Waals surface area contributed by atoms with Crippen molar-refractivity contribution in [2.24, 2.45) is 5.92 Å². The maximum absolute atomic E-state index is 12.3. The lowest BCUT2D eigenvalue weighted by Crippen LogP contribution is -2.40. The van der Waals surface area contributed by atoms with Crippen LogP contribution in [0.2, 0.25) is 0 Å². The highest BCUT2D eigenvalue weighted by Crippen LogP contribution is 2.13. The summed E-state index contributed by atoms with van der Waals surface area (Å²) in [4.78, 5) is 32.8. The molecule has 0 radical (unpaired) electrons. The van der Waals surface area contributed by atoms with Crippen LogP contribution in [0.4, 0.5) is 11.6 Å². The third kappa shape index (κ3) is 6.78. The fraction of sp³-hybridized carbons (Fsp3) is 0.600. The van der Waals surface area contributed by atoms with Crippen LogP contribution in [0.15, 0.2) is 12.4 Å². The van der Waals surface area contributed by atoms with Crippen LogP contribution >= 0.6 is 0 Å². The molecule has 0 bridgehead atoms. The number of rotatable bonds is 11. The van der Waals surface area contributed by atoms with Gasteiger partial charge in [0.05, 0.1) is 12.5 Å². The number of anilines is 2. The van der Waals surface area contributed by atoms with Gasteiger partial charge in [0, 0.05) is 20.2 Å². The number of hydroxylamine groups is 2. The van der Waals surface area contributed by atoms with Gasteiger partial charge in [0.25, 0.3) is 0 Å². The van der Waals surface area contributed by atoms with Crippen LogP contribution in [-0.2, 0) is 9.59 Å². The third-order valence-corrected chi connectivity index (χ3v) is 3.48. The zero-order chi connectivity index (χ0) is 17.9. The number of carbonyl (C=O) groups excluding carboxylic acids is 2.